The van der Waals surface area contributed by atoms with E-state index in [-0.39, 0.29) is 6.29 Å². The van der Waals surface area contributed by atoms with Crippen LogP contribution in [-0.4, -0.2) is 22.5 Å². The van der Waals surface area contributed by atoms with Crippen molar-refractivity contribution in [3.8, 4) is 0 Å². The number of nitrogens with one attached hydrogen (secondary N) is 1. The van der Waals surface area contributed by atoms with Crippen LogP contribution in [0.15, 0.2) is 30.3 Å². The first-order valence-electron chi connectivity index (χ1n) is 4.25. The predicted molar refractivity (Wildman–Crippen MR) is 58.6 cm³/mol. The summed E-state index contributed by atoms with van der Waals surface area (Å²) in [4.78, 5) is 0. The van der Waals surface area contributed by atoms with Gasteiger partial charge >= 0.3 is 0 Å². The Bertz CT molecular complexity index is 306. The molecule has 1 heterocycles. The van der Waals surface area contributed by atoms with E-state index in [0.29, 0.717) is 0 Å². The normalized spacial score (nSPS) is 24.5. The molecule has 0 saturated carbocycles. The van der Waals surface area contributed by atoms with Crippen molar-refractivity contribution in [2.24, 2.45) is 5.73 Å². The lowest BCUT2D eigenvalue weighted by Gasteiger charge is -2.21. The lowest BCUT2D eigenvalue weighted by Crippen LogP contribution is -2.45. The maximum Gasteiger partial charge on any atom is 0.175 e. The highest BCUT2D eigenvalue weighted by molar-refractivity contribution is 9.07. The molecule has 0 spiro atoms. The van der Waals surface area contributed by atoms with E-state index in [9.17, 15) is 0 Å². The average molecular weight is 258 g/mol. The molecule has 1 aromatic rings. The number of para-hydroxylation sites is 1. The van der Waals surface area contributed by atoms with Crippen LogP contribution in [0.25, 0.3) is 0 Å². The van der Waals surface area contributed by atoms with E-state index in [2.05, 4.69) is 21.7 Å². The maximum atomic E-state index is 5.95. The number of rotatable bonds is 1. The van der Waals surface area contributed by atoms with Crippen LogP contribution in [0.5, 0.6) is 0 Å². The van der Waals surface area contributed by atoms with Crippen molar-refractivity contribution in [1.82, 2.24) is 14.7 Å². The summed E-state index contributed by atoms with van der Waals surface area (Å²) in [6.45, 7) is 0. The van der Waals surface area contributed by atoms with Crippen molar-refractivity contribution >= 4 is 21.8 Å². The van der Waals surface area contributed by atoms with E-state index >= 15 is 0 Å². The molecule has 3 N–H and O–H groups in total. The maximum absolute atomic E-state index is 5.95. The summed E-state index contributed by atoms with van der Waals surface area (Å²) < 4.78 is 1.72. The van der Waals surface area contributed by atoms with Gasteiger partial charge in [0.1, 0.15) is 0 Å². The van der Waals surface area contributed by atoms with Gasteiger partial charge in [-0.25, -0.2) is 0 Å². The molecule has 0 amide bonds. The Morgan fingerprint density at radius 3 is 2.50 bits per heavy atom. The topological polar surface area (TPSA) is 47.8 Å². The first-order valence-corrected chi connectivity index (χ1v) is 4.96. The van der Waals surface area contributed by atoms with E-state index in [1.54, 1.807) is 9.15 Å². The Kier molecular flexibility index (Phi) is 2.71. The Balaban J connectivity index is 2.21. The molecule has 1 atom stereocenters. The van der Waals surface area contributed by atoms with Gasteiger partial charge in [0.2, 0.25) is 0 Å². The van der Waals surface area contributed by atoms with Crippen LogP contribution in [0.2, 0.25) is 0 Å². The fourth-order valence-electron chi connectivity index (χ4n) is 1.33. The summed E-state index contributed by atoms with van der Waals surface area (Å²) in [5.41, 5.74) is 10.1. The molecule has 0 radical (unpaired) electrons. The highest BCUT2D eigenvalue weighted by Crippen LogP contribution is 2.21. The number of anilines is 1. The largest absolute Gasteiger partial charge is 0.296 e. The van der Waals surface area contributed by atoms with Crippen molar-refractivity contribution in [2.75, 3.05) is 12.1 Å². The summed E-state index contributed by atoms with van der Waals surface area (Å²) >= 11 is 3.34. The van der Waals surface area contributed by atoms with Gasteiger partial charge in [-0.1, -0.05) is 18.2 Å². The zero-order valence-electron chi connectivity index (χ0n) is 7.76. The number of halogens is 1. The van der Waals surface area contributed by atoms with Gasteiger partial charge in [-0.05, 0) is 12.1 Å². The second-order valence-corrected chi connectivity index (χ2v) is 3.76. The number of nitrogens with two attached hydrogens (primary N) is 1. The molecule has 14 heavy (non-hydrogen) atoms. The van der Waals surface area contributed by atoms with Gasteiger partial charge in [-0.2, -0.15) is 0 Å². The fraction of sp³-hybridized carbons (Fsp3) is 0.250. The highest BCUT2D eigenvalue weighted by atomic mass is 79.9. The fourth-order valence-corrected chi connectivity index (χ4v) is 1.58. The monoisotopic (exact) mass is 257 g/mol. The molecule has 1 aliphatic rings. The van der Waals surface area contributed by atoms with Crippen LogP contribution in [-0.2, 0) is 0 Å². The number of benzene rings is 1. The first-order chi connectivity index (χ1) is 6.70. The Morgan fingerprint density at radius 2 is 2.00 bits per heavy atom. The van der Waals surface area contributed by atoms with E-state index in [0.717, 1.165) is 5.69 Å². The van der Waals surface area contributed by atoms with E-state index in [4.69, 9.17) is 5.73 Å². The molecule has 1 unspecified atom stereocenters. The predicted octanol–water partition coefficient (Wildman–Crippen LogP) is 0.627. The summed E-state index contributed by atoms with van der Waals surface area (Å²) in [6, 6.07) is 9.90. The minimum atomic E-state index is -0.262. The van der Waals surface area contributed by atoms with Crippen molar-refractivity contribution in [3.05, 3.63) is 30.3 Å². The number of hydrogen-bond acceptors (Lipinski definition) is 5. The lowest BCUT2D eigenvalue weighted by molar-refractivity contribution is 0.108. The molecular weight excluding hydrogens is 246 g/mol. The van der Waals surface area contributed by atoms with Crippen LogP contribution >= 0.6 is 16.1 Å². The first kappa shape index (κ1) is 9.88. The van der Waals surface area contributed by atoms with Gasteiger partial charge in [-0.3, -0.25) is 10.7 Å². The highest BCUT2D eigenvalue weighted by Gasteiger charge is 2.31. The molecule has 5 nitrogen and oxygen atoms in total. The van der Waals surface area contributed by atoms with Crippen LogP contribution in [0.4, 0.5) is 5.69 Å². The Labute approximate surface area is 91.3 Å². The van der Waals surface area contributed by atoms with Crippen LogP contribution in [0.1, 0.15) is 0 Å². The van der Waals surface area contributed by atoms with Gasteiger partial charge < -0.3 is 0 Å². The Hall–Kier alpha value is -0.660. The molecule has 6 heteroatoms. The van der Waals surface area contributed by atoms with Crippen LogP contribution in [0, 0.1) is 0 Å². The van der Waals surface area contributed by atoms with E-state index in [1.165, 1.54) is 0 Å². The molecule has 0 bridgehead atoms. The molecule has 1 saturated heterocycles. The lowest BCUT2D eigenvalue weighted by atomic mass is 10.3. The average Bonchev–Trinajstić information content (AvgIpc) is 2.47. The molecule has 0 aromatic heterocycles. The zero-order chi connectivity index (χ0) is 10.1. The molecular formula is C8H12BrN5. The van der Waals surface area contributed by atoms with Gasteiger partial charge in [-0.15, -0.1) is 14.7 Å². The van der Waals surface area contributed by atoms with Gasteiger partial charge in [0.25, 0.3) is 0 Å². The van der Waals surface area contributed by atoms with Crippen LogP contribution < -0.4 is 16.3 Å². The zero-order valence-corrected chi connectivity index (χ0v) is 9.35. The molecule has 1 fully saturated rings. The molecule has 1 aliphatic heterocycles. The molecule has 2 rings (SSSR count). The SMILES string of the molecule is CN1NN(c2ccccc2)C(N)N1Br. The number of nitrogens with zero attached hydrogens (tertiary/aromatic N) is 3. The van der Waals surface area contributed by atoms with Gasteiger partial charge in [0.05, 0.1) is 5.69 Å². The van der Waals surface area contributed by atoms with Crippen LogP contribution in [0.3, 0.4) is 0 Å². The van der Waals surface area contributed by atoms with Gasteiger partial charge in [0.15, 0.2) is 6.29 Å². The summed E-state index contributed by atoms with van der Waals surface area (Å²) in [5, 5.41) is 3.62. The smallest absolute Gasteiger partial charge is 0.175 e. The molecule has 1 aromatic carbocycles. The quantitative estimate of drug-likeness (QED) is 0.723. The second kappa shape index (κ2) is 3.84. The summed E-state index contributed by atoms with van der Waals surface area (Å²) in [6.07, 6.45) is -0.262. The van der Waals surface area contributed by atoms with Crippen molar-refractivity contribution in [1.29, 1.82) is 0 Å². The second-order valence-electron chi connectivity index (χ2n) is 3.03. The van der Waals surface area contributed by atoms with E-state index < -0.39 is 0 Å². The number of hydrogen-bond donors (Lipinski definition) is 2. The van der Waals surface area contributed by atoms with Crippen molar-refractivity contribution < 1.29 is 0 Å². The Morgan fingerprint density at radius 1 is 1.36 bits per heavy atom. The third-order valence-electron chi connectivity index (χ3n) is 2.06. The van der Waals surface area contributed by atoms with E-state index in [1.807, 2.05) is 42.4 Å². The van der Waals surface area contributed by atoms with Gasteiger partial charge in [0, 0.05) is 23.2 Å². The third kappa shape index (κ3) is 1.62. The summed E-state index contributed by atoms with van der Waals surface area (Å²) in [7, 11) is 1.87. The van der Waals surface area contributed by atoms with Crippen molar-refractivity contribution in [3.63, 3.8) is 0 Å². The minimum Gasteiger partial charge on any atom is -0.296 e. The minimum absolute atomic E-state index is 0.262. The molecule has 76 valence electrons. The standard InChI is InChI=1S/C8H12BrN5/c1-12-11-13(8(10)14(12)9)7-5-3-2-4-6-7/h2-6,8,11H,10H2,1H3. The molecule has 0 aliphatic carbocycles. The number of hydrazine groups is 3. The van der Waals surface area contributed by atoms with Crippen molar-refractivity contribution in [2.45, 2.75) is 6.29 Å². The third-order valence-corrected chi connectivity index (χ3v) is 2.95. The summed E-state index contributed by atoms with van der Waals surface area (Å²) in [5.74, 6) is 0.